The van der Waals surface area contributed by atoms with Gasteiger partial charge in [-0.3, -0.25) is 0 Å². The number of aryl methyl sites for hydroxylation is 6. The first-order valence-corrected chi connectivity index (χ1v) is 24.8. The summed E-state index contributed by atoms with van der Waals surface area (Å²) in [6, 6.07) is 56.3. The van der Waals surface area contributed by atoms with Crippen molar-refractivity contribution in [1.29, 1.82) is 0 Å². The van der Waals surface area contributed by atoms with Gasteiger partial charge in [0.1, 0.15) is 49.4 Å². The molecule has 0 aromatic heterocycles. The molecule has 8 nitrogen and oxygen atoms in total. The smallest absolute Gasteiger partial charge is 0.125 e. The Morgan fingerprint density at radius 1 is 0.306 bits per heavy atom. The van der Waals surface area contributed by atoms with Crippen LogP contribution in [0.3, 0.4) is 0 Å². The summed E-state index contributed by atoms with van der Waals surface area (Å²) in [6.45, 7) is 13.4. The minimum Gasteiger partial charge on any atom is -0.491 e. The van der Waals surface area contributed by atoms with E-state index in [1.807, 2.05) is 26.0 Å². The number of aliphatic hydroxyl groups is 4. The fraction of sp³-hybridized carbons (Fsp3) is 0.250. The molecule has 4 N–H and O–H groups in total. The molecule has 0 saturated carbocycles. The molecule has 0 bridgehead atoms. The van der Waals surface area contributed by atoms with E-state index in [0.29, 0.717) is 0 Å². The SMILES string of the molecule is Cc1cc(C2(c3cc(C)c(OCCO)c(C)c3)c3ccccc3-c3ccccc32)cc(C)c1OCCO.Cc1cc(C2(c3ccc(OCCO)c(C)c3)c3ccccc3-c3ccccc32)ccc1OCCO. The van der Waals surface area contributed by atoms with E-state index in [0.717, 1.165) is 67.5 Å². The molecule has 0 fully saturated rings. The lowest BCUT2D eigenvalue weighted by molar-refractivity contribution is 0.200. The number of hydrogen-bond acceptors (Lipinski definition) is 8. The summed E-state index contributed by atoms with van der Waals surface area (Å²) in [5.41, 5.74) is 19.8. The predicted molar refractivity (Wildman–Crippen MR) is 286 cm³/mol. The Bertz CT molecular complexity index is 2980. The van der Waals surface area contributed by atoms with E-state index in [2.05, 4.69) is 173 Å². The van der Waals surface area contributed by atoms with Crippen LogP contribution in [0, 0.1) is 41.5 Å². The van der Waals surface area contributed by atoms with Crippen LogP contribution in [-0.2, 0) is 10.8 Å². The second-order valence-corrected chi connectivity index (χ2v) is 18.8. The molecule has 8 aromatic rings. The summed E-state index contributed by atoms with van der Waals surface area (Å²) in [5, 5.41) is 37.1. The van der Waals surface area contributed by atoms with Crippen LogP contribution in [0.5, 0.6) is 23.0 Å². The van der Waals surface area contributed by atoms with Crippen molar-refractivity contribution in [3.05, 3.63) is 236 Å². The van der Waals surface area contributed by atoms with Gasteiger partial charge in [-0.2, -0.15) is 0 Å². The molecule has 0 radical (unpaired) electrons. The normalized spacial score (nSPS) is 13.2. The monoisotopic (exact) mass is 960 g/mol. The summed E-state index contributed by atoms with van der Waals surface area (Å²) in [5.74, 6) is 3.21. The van der Waals surface area contributed by atoms with Crippen LogP contribution < -0.4 is 18.9 Å². The maximum atomic E-state index is 9.32. The Labute approximate surface area is 423 Å². The minimum absolute atomic E-state index is 0.0180. The molecule has 10 rings (SSSR count). The van der Waals surface area contributed by atoms with Crippen molar-refractivity contribution in [1.82, 2.24) is 0 Å². The summed E-state index contributed by atoms with van der Waals surface area (Å²) in [7, 11) is 0. The molecule has 0 amide bonds. The third kappa shape index (κ3) is 8.62. The van der Waals surface area contributed by atoms with E-state index in [4.69, 9.17) is 18.9 Å². The zero-order chi connectivity index (χ0) is 50.6. The Kier molecular flexibility index (Phi) is 14.7. The molecule has 2 aliphatic rings. The zero-order valence-corrected chi connectivity index (χ0v) is 42.1. The van der Waals surface area contributed by atoms with Crippen LogP contribution in [0.1, 0.15) is 77.9 Å². The van der Waals surface area contributed by atoms with E-state index in [1.165, 1.54) is 55.6 Å². The Morgan fingerprint density at radius 2 is 0.569 bits per heavy atom. The molecule has 0 atom stereocenters. The average Bonchev–Trinajstić information content (AvgIpc) is 3.86. The van der Waals surface area contributed by atoms with Gasteiger partial charge in [0.05, 0.1) is 37.3 Å². The average molecular weight is 961 g/mol. The van der Waals surface area contributed by atoms with Crippen molar-refractivity contribution >= 4 is 0 Å². The van der Waals surface area contributed by atoms with Gasteiger partial charge in [-0.15, -0.1) is 0 Å². The maximum absolute atomic E-state index is 9.32. The van der Waals surface area contributed by atoms with Gasteiger partial charge in [0.25, 0.3) is 0 Å². The van der Waals surface area contributed by atoms with Crippen LogP contribution in [0.4, 0.5) is 0 Å². The number of hydrogen-bond donors (Lipinski definition) is 4. The first-order valence-electron chi connectivity index (χ1n) is 24.8. The van der Waals surface area contributed by atoms with Crippen LogP contribution in [0.2, 0.25) is 0 Å². The molecule has 0 heterocycles. The van der Waals surface area contributed by atoms with Gasteiger partial charge in [-0.05, 0) is 154 Å². The van der Waals surface area contributed by atoms with Crippen molar-refractivity contribution in [2.45, 2.75) is 52.4 Å². The second kappa shape index (κ2) is 21.3. The highest BCUT2D eigenvalue weighted by molar-refractivity contribution is 5.88. The van der Waals surface area contributed by atoms with Crippen molar-refractivity contribution in [3.8, 4) is 45.3 Å². The predicted octanol–water partition coefficient (Wildman–Crippen LogP) is 11.4. The van der Waals surface area contributed by atoms with E-state index in [-0.39, 0.29) is 52.9 Å². The third-order valence-electron chi connectivity index (χ3n) is 14.3. The Morgan fingerprint density at radius 3 is 0.861 bits per heavy atom. The molecular formula is C64H64O8. The van der Waals surface area contributed by atoms with E-state index < -0.39 is 10.8 Å². The van der Waals surface area contributed by atoms with Crippen molar-refractivity contribution in [3.63, 3.8) is 0 Å². The summed E-state index contributed by atoms with van der Waals surface area (Å²) in [4.78, 5) is 0. The highest BCUT2D eigenvalue weighted by atomic mass is 16.5. The van der Waals surface area contributed by atoms with E-state index >= 15 is 0 Å². The maximum Gasteiger partial charge on any atom is 0.125 e. The van der Waals surface area contributed by atoms with Gasteiger partial charge in [0.2, 0.25) is 0 Å². The molecule has 8 aromatic carbocycles. The lowest BCUT2D eigenvalue weighted by atomic mass is 9.66. The fourth-order valence-corrected chi connectivity index (χ4v) is 11.5. The number of rotatable bonds is 16. The van der Waals surface area contributed by atoms with Crippen molar-refractivity contribution < 1.29 is 39.4 Å². The molecule has 0 aliphatic heterocycles. The molecule has 2 aliphatic carbocycles. The van der Waals surface area contributed by atoms with Crippen LogP contribution >= 0.6 is 0 Å². The number of ether oxygens (including phenoxy) is 4. The van der Waals surface area contributed by atoms with E-state index in [1.54, 1.807) is 0 Å². The van der Waals surface area contributed by atoms with Gasteiger partial charge in [0.15, 0.2) is 0 Å². The molecule has 8 heteroatoms. The number of aliphatic hydroxyl groups excluding tert-OH is 4. The van der Waals surface area contributed by atoms with Crippen LogP contribution in [0.25, 0.3) is 22.3 Å². The largest absolute Gasteiger partial charge is 0.491 e. The molecule has 368 valence electrons. The second-order valence-electron chi connectivity index (χ2n) is 18.8. The Balaban J connectivity index is 0.000000178. The molecular weight excluding hydrogens is 897 g/mol. The highest BCUT2D eigenvalue weighted by Crippen LogP contribution is 2.58. The first kappa shape index (κ1) is 49.8. The number of benzene rings is 8. The Hall–Kier alpha value is -7.20. The summed E-state index contributed by atoms with van der Waals surface area (Å²) in [6.07, 6.45) is 0. The van der Waals surface area contributed by atoms with Gasteiger partial charge in [0, 0.05) is 0 Å². The number of fused-ring (bicyclic) bond motifs is 6. The summed E-state index contributed by atoms with van der Waals surface area (Å²) >= 11 is 0. The third-order valence-corrected chi connectivity index (χ3v) is 14.3. The summed E-state index contributed by atoms with van der Waals surface area (Å²) < 4.78 is 23.4. The first-order chi connectivity index (χ1) is 35.0. The topological polar surface area (TPSA) is 118 Å². The van der Waals surface area contributed by atoms with E-state index in [9.17, 15) is 20.4 Å². The van der Waals surface area contributed by atoms with Gasteiger partial charge >= 0.3 is 0 Å². The standard InChI is InChI=1S/C33H34O4.C31H30O4/c1-21-17-25(18-22(2)31(21)36-15-13-34)33(26-19-23(3)32(24(4)20-26)37-16-14-35)29-11-7-5-9-27(29)28-10-6-8-12-30(28)33;1-21-19-23(11-13-29(21)34-17-15-32)31(24-12-14-30(22(2)20-24)35-18-16-33)27-9-5-3-7-25(27)26-8-4-6-10-28(26)31/h5-12,17-20,34-35H,13-16H2,1-4H3;3-14,19-20,32-33H,15-18H2,1-2H3. The van der Waals surface area contributed by atoms with Crippen molar-refractivity contribution in [2.75, 3.05) is 52.9 Å². The molecule has 0 spiro atoms. The zero-order valence-electron chi connectivity index (χ0n) is 42.1. The van der Waals surface area contributed by atoms with Crippen LogP contribution in [-0.4, -0.2) is 73.3 Å². The van der Waals surface area contributed by atoms with Gasteiger partial charge in [-0.1, -0.05) is 146 Å². The highest BCUT2D eigenvalue weighted by Gasteiger charge is 2.48. The van der Waals surface area contributed by atoms with Gasteiger partial charge in [-0.25, -0.2) is 0 Å². The minimum atomic E-state index is -0.525. The lowest BCUT2D eigenvalue weighted by Gasteiger charge is -2.35. The molecule has 72 heavy (non-hydrogen) atoms. The van der Waals surface area contributed by atoms with Crippen molar-refractivity contribution in [2.24, 2.45) is 0 Å². The van der Waals surface area contributed by atoms with Crippen LogP contribution in [0.15, 0.2) is 158 Å². The molecule has 0 unspecified atom stereocenters. The fourth-order valence-electron chi connectivity index (χ4n) is 11.5. The quantitative estimate of drug-likeness (QED) is 0.0756. The van der Waals surface area contributed by atoms with Gasteiger partial charge < -0.3 is 39.4 Å². The molecule has 0 saturated heterocycles. The lowest BCUT2D eigenvalue weighted by Crippen LogP contribution is -2.29.